The molecule has 2 aromatic carbocycles. The van der Waals surface area contributed by atoms with Crippen molar-refractivity contribution < 1.29 is 13.2 Å². The third-order valence-corrected chi connectivity index (χ3v) is 4.73. The summed E-state index contributed by atoms with van der Waals surface area (Å²) in [6, 6.07) is 14.0. The number of nitrogens with zero attached hydrogens (tertiary/aromatic N) is 1. The number of hydrogen-bond donors (Lipinski definition) is 2. The van der Waals surface area contributed by atoms with Gasteiger partial charge in [0, 0.05) is 16.8 Å². The van der Waals surface area contributed by atoms with E-state index in [1.807, 2.05) is 6.07 Å². The van der Waals surface area contributed by atoms with Gasteiger partial charge in [-0.25, -0.2) is 8.42 Å². The fourth-order valence-electron chi connectivity index (χ4n) is 1.89. The number of hydrogen-bond acceptors (Lipinski definition) is 4. The summed E-state index contributed by atoms with van der Waals surface area (Å²) in [7, 11) is -3.79. The third kappa shape index (κ3) is 4.81. The van der Waals surface area contributed by atoms with E-state index in [0.29, 0.717) is 11.4 Å². The number of nitriles is 1. The Morgan fingerprint density at radius 3 is 2.20 bits per heavy atom. The van der Waals surface area contributed by atoms with Crippen LogP contribution in [-0.2, 0) is 14.8 Å². The first-order valence-electron chi connectivity index (χ1n) is 7.56. The number of carbonyl (C=O) groups excluding carboxylic acids is 1. The number of nitrogens with one attached hydrogen (secondary N) is 2. The van der Waals surface area contributed by atoms with Gasteiger partial charge in [-0.15, -0.1) is 0 Å². The molecular formula is C18H19N3O3S. The van der Waals surface area contributed by atoms with Crippen molar-refractivity contribution in [3.8, 4) is 6.07 Å². The van der Waals surface area contributed by atoms with Crippen LogP contribution in [0.2, 0.25) is 0 Å². The van der Waals surface area contributed by atoms with E-state index in [2.05, 4.69) is 10.0 Å². The van der Waals surface area contributed by atoms with E-state index < -0.39 is 15.4 Å². The van der Waals surface area contributed by atoms with E-state index in [-0.39, 0.29) is 16.4 Å². The minimum absolute atomic E-state index is 0.0108. The molecule has 0 saturated heterocycles. The van der Waals surface area contributed by atoms with E-state index >= 15 is 0 Å². The molecule has 2 aromatic rings. The summed E-state index contributed by atoms with van der Waals surface area (Å²) in [5.41, 5.74) is 0.681. The van der Waals surface area contributed by atoms with E-state index in [4.69, 9.17) is 5.26 Å². The average molecular weight is 357 g/mol. The van der Waals surface area contributed by atoms with E-state index in [0.717, 1.165) is 0 Å². The number of amides is 1. The van der Waals surface area contributed by atoms with Crippen LogP contribution in [0.1, 0.15) is 26.3 Å². The van der Waals surface area contributed by atoms with Gasteiger partial charge in [0.05, 0.1) is 16.5 Å². The summed E-state index contributed by atoms with van der Waals surface area (Å²) in [6.07, 6.45) is 0. The van der Waals surface area contributed by atoms with E-state index in [9.17, 15) is 13.2 Å². The van der Waals surface area contributed by atoms with Crippen LogP contribution >= 0.6 is 0 Å². The van der Waals surface area contributed by atoms with Gasteiger partial charge >= 0.3 is 0 Å². The molecule has 0 unspecified atom stereocenters. The van der Waals surface area contributed by atoms with Crippen molar-refractivity contribution in [1.29, 1.82) is 5.26 Å². The fraction of sp³-hybridized carbons (Fsp3) is 0.222. The summed E-state index contributed by atoms with van der Waals surface area (Å²) in [5, 5.41) is 11.6. The number of benzene rings is 2. The van der Waals surface area contributed by atoms with Crippen molar-refractivity contribution in [1.82, 2.24) is 0 Å². The van der Waals surface area contributed by atoms with Gasteiger partial charge in [0.25, 0.3) is 10.0 Å². The predicted octanol–water partition coefficient (Wildman–Crippen LogP) is 3.34. The Morgan fingerprint density at radius 2 is 1.64 bits per heavy atom. The number of rotatable bonds is 4. The molecule has 0 atom stereocenters. The molecule has 0 fully saturated rings. The lowest BCUT2D eigenvalue weighted by atomic mass is 9.95. The van der Waals surface area contributed by atoms with Crippen molar-refractivity contribution in [3.63, 3.8) is 0 Å². The van der Waals surface area contributed by atoms with Crippen LogP contribution in [-0.4, -0.2) is 14.3 Å². The zero-order chi connectivity index (χ0) is 18.7. The van der Waals surface area contributed by atoms with E-state index in [1.165, 1.54) is 24.3 Å². The van der Waals surface area contributed by atoms with Crippen molar-refractivity contribution in [2.75, 3.05) is 10.0 Å². The largest absolute Gasteiger partial charge is 0.326 e. The van der Waals surface area contributed by atoms with Crippen LogP contribution in [0.3, 0.4) is 0 Å². The smallest absolute Gasteiger partial charge is 0.261 e. The highest BCUT2D eigenvalue weighted by Crippen LogP contribution is 2.21. The third-order valence-electron chi connectivity index (χ3n) is 3.35. The maximum Gasteiger partial charge on any atom is 0.261 e. The molecule has 25 heavy (non-hydrogen) atoms. The molecule has 0 aliphatic heterocycles. The Morgan fingerprint density at radius 1 is 1.04 bits per heavy atom. The van der Waals surface area contributed by atoms with Gasteiger partial charge in [0.15, 0.2) is 0 Å². The van der Waals surface area contributed by atoms with Crippen LogP contribution < -0.4 is 10.0 Å². The molecule has 0 aromatic heterocycles. The lowest BCUT2D eigenvalue weighted by molar-refractivity contribution is -0.123. The minimum atomic E-state index is -3.79. The molecule has 0 saturated carbocycles. The second kappa shape index (κ2) is 6.95. The lowest BCUT2D eigenvalue weighted by Crippen LogP contribution is -2.27. The molecule has 2 N–H and O–H groups in total. The molecule has 0 radical (unpaired) electrons. The highest BCUT2D eigenvalue weighted by molar-refractivity contribution is 7.92. The van der Waals surface area contributed by atoms with Gasteiger partial charge in [-0.3, -0.25) is 9.52 Å². The first kappa shape index (κ1) is 18.5. The Balaban J connectivity index is 2.15. The quantitative estimate of drug-likeness (QED) is 0.876. The molecular weight excluding hydrogens is 338 g/mol. The summed E-state index contributed by atoms with van der Waals surface area (Å²) in [4.78, 5) is 12.0. The normalized spacial score (nSPS) is 11.4. The first-order chi connectivity index (χ1) is 11.6. The van der Waals surface area contributed by atoms with Crippen LogP contribution in [0.15, 0.2) is 53.4 Å². The second-order valence-corrected chi connectivity index (χ2v) is 8.21. The zero-order valence-electron chi connectivity index (χ0n) is 14.2. The molecule has 6 nitrogen and oxygen atoms in total. The minimum Gasteiger partial charge on any atom is -0.326 e. The predicted molar refractivity (Wildman–Crippen MR) is 96.5 cm³/mol. The van der Waals surface area contributed by atoms with Gasteiger partial charge < -0.3 is 5.32 Å². The molecule has 0 heterocycles. The Bertz CT molecular complexity index is 921. The lowest BCUT2D eigenvalue weighted by Gasteiger charge is -2.17. The van der Waals surface area contributed by atoms with Crippen LogP contribution in [0.4, 0.5) is 11.4 Å². The molecule has 0 aliphatic rings. The van der Waals surface area contributed by atoms with Crippen LogP contribution in [0.5, 0.6) is 0 Å². The van der Waals surface area contributed by atoms with Gasteiger partial charge in [0.2, 0.25) is 5.91 Å². The molecule has 0 spiro atoms. The van der Waals surface area contributed by atoms with Crippen molar-refractivity contribution in [2.24, 2.45) is 5.41 Å². The molecule has 1 amide bonds. The van der Waals surface area contributed by atoms with Gasteiger partial charge in [-0.2, -0.15) is 5.26 Å². The maximum absolute atomic E-state index is 12.4. The number of sulfonamides is 1. The maximum atomic E-state index is 12.4. The second-order valence-electron chi connectivity index (χ2n) is 6.53. The summed E-state index contributed by atoms with van der Waals surface area (Å²) in [6.45, 7) is 5.42. The average Bonchev–Trinajstić information content (AvgIpc) is 2.55. The van der Waals surface area contributed by atoms with Crippen LogP contribution in [0.25, 0.3) is 0 Å². The standard InChI is InChI=1S/C18H19N3O3S/c1-18(2,3)17(22)20-14-7-9-15(10-8-14)21-25(23,24)16-6-4-5-13(11-16)12-19/h4-11,21H,1-3H3,(H,20,22). The van der Waals surface area contributed by atoms with Gasteiger partial charge in [-0.05, 0) is 42.5 Å². The van der Waals surface area contributed by atoms with E-state index in [1.54, 1.807) is 45.0 Å². The van der Waals surface area contributed by atoms with Crippen molar-refractivity contribution >= 4 is 27.3 Å². The topological polar surface area (TPSA) is 99.1 Å². The highest BCUT2D eigenvalue weighted by Gasteiger charge is 2.21. The Hall–Kier alpha value is -2.85. The Kier molecular flexibility index (Phi) is 5.14. The highest BCUT2D eigenvalue weighted by atomic mass is 32.2. The monoisotopic (exact) mass is 357 g/mol. The molecule has 130 valence electrons. The summed E-state index contributed by atoms with van der Waals surface area (Å²) in [5.74, 6) is -0.130. The zero-order valence-corrected chi connectivity index (χ0v) is 15.0. The van der Waals surface area contributed by atoms with Crippen molar-refractivity contribution in [3.05, 3.63) is 54.1 Å². The number of carbonyl (C=O) groups is 1. The fourth-order valence-corrected chi connectivity index (χ4v) is 2.99. The molecule has 7 heteroatoms. The SMILES string of the molecule is CC(C)(C)C(=O)Nc1ccc(NS(=O)(=O)c2cccc(C#N)c2)cc1. The molecule has 2 rings (SSSR count). The van der Waals surface area contributed by atoms with Gasteiger partial charge in [-0.1, -0.05) is 26.8 Å². The molecule has 0 aliphatic carbocycles. The Labute approximate surface area is 147 Å². The number of anilines is 2. The molecule has 0 bridgehead atoms. The summed E-state index contributed by atoms with van der Waals surface area (Å²) >= 11 is 0. The van der Waals surface area contributed by atoms with Crippen LogP contribution in [0, 0.1) is 16.7 Å². The van der Waals surface area contributed by atoms with Gasteiger partial charge in [0.1, 0.15) is 0 Å². The first-order valence-corrected chi connectivity index (χ1v) is 9.05. The summed E-state index contributed by atoms with van der Waals surface area (Å²) < 4.78 is 27.2. The van der Waals surface area contributed by atoms with Crippen molar-refractivity contribution in [2.45, 2.75) is 25.7 Å².